The fraction of sp³-hybridized carbons (Fsp3) is 0.400. The van der Waals surface area contributed by atoms with Crippen LogP contribution in [0.4, 0.5) is 13.2 Å². The van der Waals surface area contributed by atoms with Crippen LogP contribution in [0, 0.1) is 34.7 Å². The highest BCUT2D eigenvalue weighted by Crippen LogP contribution is 2.63. The van der Waals surface area contributed by atoms with Crippen LogP contribution in [0.3, 0.4) is 0 Å². The average Bonchev–Trinajstić information content (AvgIpc) is 3.04. The summed E-state index contributed by atoms with van der Waals surface area (Å²) in [5.41, 5.74) is 0.0912. The van der Waals surface area contributed by atoms with E-state index in [4.69, 9.17) is 27.9 Å². The highest BCUT2D eigenvalue weighted by atomic mass is 35.5. The Balaban J connectivity index is 2.08. The summed E-state index contributed by atoms with van der Waals surface area (Å²) in [6.07, 6.45) is 0. The molecule has 0 aliphatic heterocycles. The first kappa shape index (κ1) is 17.2. The number of ether oxygens (including phenoxy) is 1. The van der Waals surface area contributed by atoms with Gasteiger partial charge in [-0.2, -0.15) is 0 Å². The fourth-order valence-corrected chi connectivity index (χ4v) is 3.14. The summed E-state index contributed by atoms with van der Waals surface area (Å²) in [5, 5.41) is 0.316. The molecule has 0 heterocycles. The van der Waals surface area contributed by atoms with Gasteiger partial charge in [-0.05, 0) is 17.5 Å². The number of esters is 1. The molecule has 2 rings (SSSR count). The Morgan fingerprint density at radius 2 is 1.86 bits per heavy atom. The predicted octanol–water partition coefficient (Wildman–Crippen LogP) is 4.74. The number of carbonyl (C=O) groups excluding carboxylic acids is 1. The van der Waals surface area contributed by atoms with Crippen LogP contribution >= 0.6 is 23.2 Å². The maximum absolute atomic E-state index is 13.5. The number of benzene rings is 1. The van der Waals surface area contributed by atoms with Gasteiger partial charge in [-0.25, -0.2) is 13.2 Å². The summed E-state index contributed by atoms with van der Waals surface area (Å²) in [7, 11) is 0. The van der Waals surface area contributed by atoms with E-state index >= 15 is 0 Å². The van der Waals surface area contributed by atoms with Crippen LogP contribution in [-0.4, -0.2) is 5.97 Å². The number of halogens is 5. The third-order valence-corrected chi connectivity index (χ3v) is 4.67. The van der Waals surface area contributed by atoms with Crippen molar-refractivity contribution in [3.8, 4) is 0 Å². The normalized spacial score (nSPS) is 23.3. The summed E-state index contributed by atoms with van der Waals surface area (Å²) < 4.78 is 44.9. The van der Waals surface area contributed by atoms with Crippen LogP contribution in [0.15, 0.2) is 22.7 Å². The lowest BCUT2D eigenvalue weighted by atomic mass is 10.1. The molecule has 0 bridgehead atoms. The quantitative estimate of drug-likeness (QED) is 0.577. The van der Waals surface area contributed by atoms with E-state index in [-0.39, 0.29) is 5.92 Å². The number of rotatable bonds is 4. The van der Waals surface area contributed by atoms with Crippen molar-refractivity contribution in [2.75, 3.05) is 0 Å². The summed E-state index contributed by atoms with van der Waals surface area (Å²) in [4.78, 5) is 12.0. The Bertz CT molecular complexity index is 644. The van der Waals surface area contributed by atoms with Crippen molar-refractivity contribution >= 4 is 29.2 Å². The highest BCUT2D eigenvalue weighted by molar-refractivity contribution is 6.37. The molecule has 22 heavy (non-hydrogen) atoms. The van der Waals surface area contributed by atoms with Crippen LogP contribution < -0.4 is 0 Å². The van der Waals surface area contributed by atoms with Gasteiger partial charge in [-0.15, -0.1) is 0 Å². The van der Waals surface area contributed by atoms with Crippen LogP contribution in [0.5, 0.6) is 0 Å². The minimum absolute atomic E-state index is 0.304. The van der Waals surface area contributed by atoms with Crippen molar-refractivity contribution in [1.82, 2.24) is 0 Å². The summed E-state index contributed by atoms with van der Waals surface area (Å²) in [6.45, 7) is 2.92. The van der Waals surface area contributed by atoms with Gasteiger partial charge in [-0.1, -0.05) is 37.0 Å². The van der Waals surface area contributed by atoms with Gasteiger partial charge < -0.3 is 4.74 Å². The zero-order chi connectivity index (χ0) is 16.7. The van der Waals surface area contributed by atoms with Gasteiger partial charge in [-0.3, -0.25) is 4.79 Å². The minimum Gasteiger partial charge on any atom is -0.460 e. The third kappa shape index (κ3) is 2.97. The second-order valence-corrected chi connectivity index (χ2v) is 6.35. The molecule has 1 aliphatic carbocycles. The lowest BCUT2D eigenvalue weighted by Crippen LogP contribution is -2.12. The molecular formula is C15H13Cl2F3O2. The number of allylic oxidation sites excluding steroid dienone is 1. The van der Waals surface area contributed by atoms with Gasteiger partial charge in [0.25, 0.3) is 0 Å². The number of hydrogen-bond donors (Lipinski definition) is 0. The highest BCUT2D eigenvalue weighted by Gasteiger charge is 2.64. The molecule has 2 unspecified atom stereocenters. The van der Waals surface area contributed by atoms with E-state index in [1.165, 1.54) is 5.54 Å². The van der Waals surface area contributed by atoms with Gasteiger partial charge >= 0.3 is 5.97 Å². The standard InChI is InChI=1S/C15H13Cl2F3O2/c1-15(2)11(8(17)5-16)12(15)14(21)22-6-7-9(18)3-4-10(19)13(7)20/h3-5,11-12H,6H2,1-2H3. The van der Waals surface area contributed by atoms with Crippen molar-refractivity contribution in [2.45, 2.75) is 20.5 Å². The van der Waals surface area contributed by atoms with E-state index in [1.807, 2.05) is 0 Å². The minimum atomic E-state index is -1.36. The van der Waals surface area contributed by atoms with Gasteiger partial charge in [0.2, 0.25) is 0 Å². The van der Waals surface area contributed by atoms with E-state index < -0.39 is 46.9 Å². The largest absolute Gasteiger partial charge is 0.460 e. The van der Waals surface area contributed by atoms with Crippen LogP contribution in [-0.2, 0) is 16.1 Å². The van der Waals surface area contributed by atoms with Gasteiger partial charge in [0.05, 0.1) is 11.5 Å². The molecule has 0 radical (unpaired) electrons. The Kier molecular flexibility index (Phi) is 4.78. The Labute approximate surface area is 135 Å². The van der Waals surface area contributed by atoms with Crippen molar-refractivity contribution < 1.29 is 22.7 Å². The number of hydrogen-bond acceptors (Lipinski definition) is 2. The maximum Gasteiger partial charge on any atom is 0.310 e. The van der Waals surface area contributed by atoms with E-state index in [1.54, 1.807) is 13.8 Å². The predicted molar refractivity (Wildman–Crippen MR) is 76.7 cm³/mol. The molecule has 1 fully saturated rings. The topological polar surface area (TPSA) is 26.3 Å². The van der Waals surface area contributed by atoms with Crippen LogP contribution in [0.2, 0.25) is 0 Å². The molecule has 0 aromatic heterocycles. The molecule has 0 saturated heterocycles. The summed E-state index contributed by atoms with van der Waals surface area (Å²) in [5.74, 6) is -5.06. The molecule has 2 atom stereocenters. The maximum atomic E-state index is 13.5. The third-order valence-electron chi connectivity index (χ3n) is 3.98. The lowest BCUT2D eigenvalue weighted by Gasteiger charge is -2.08. The molecule has 0 amide bonds. The summed E-state index contributed by atoms with van der Waals surface area (Å²) >= 11 is 11.5. The van der Waals surface area contributed by atoms with Crippen molar-refractivity contribution in [3.05, 3.63) is 45.7 Å². The molecule has 2 nitrogen and oxygen atoms in total. The second kappa shape index (κ2) is 6.13. The first-order valence-corrected chi connectivity index (χ1v) is 7.28. The zero-order valence-corrected chi connectivity index (χ0v) is 13.3. The van der Waals surface area contributed by atoms with Crippen molar-refractivity contribution in [3.63, 3.8) is 0 Å². The molecule has 1 aromatic rings. The van der Waals surface area contributed by atoms with Gasteiger partial charge in [0.1, 0.15) is 12.4 Å². The molecule has 7 heteroatoms. The number of carbonyl (C=O) groups is 1. The fourth-order valence-electron chi connectivity index (χ4n) is 2.59. The van der Waals surface area contributed by atoms with Crippen LogP contribution in [0.25, 0.3) is 0 Å². The second-order valence-electron chi connectivity index (χ2n) is 5.70. The monoisotopic (exact) mass is 352 g/mol. The smallest absolute Gasteiger partial charge is 0.310 e. The van der Waals surface area contributed by atoms with E-state index in [9.17, 15) is 18.0 Å². The van der Waals surface area contributed by atoms with Crippen LogP contribution in [0.1, 0.15) is 19.4 Å². The summed E-state index contributed by atoms with van der Waals surface area (Å²) in [6, 6.07) is 1.44. The molecule has 1 saturated carbocycles. The molecule has 0 spiro atoms. The van der Waals surface area contributed by atoms with E-state index in [0.29, 0.717) is 11.1 Å². The van der Waals surface area contributed by atoms with Gasteiger partial charge in [0, 0.05) is 16.5 Å². The molecule has 0 N–H and O–H groups in total. The van der Waals surface area contributed by atoms with Crippen molar-refractivity contribution in [1.29, 1.82) is 0 Å². The van der Waals surface area contributed by atoms with E-state index in [0.717, 1.165) is 6.07 Å². The average molecular weight is 353 g/mol. The Morgan fingerprint density at radius 3 is 2.45 bits per heavy atom. The SMILES string of the molecule is CC1(C)C(C(=O)OCc2c(F)ccc(F)c2F)C1C(Cl)=CCl. The molecule has 120 valence electrons. The van der Waals surface area contributed by atoms with Gasteiger partial charge in [0.15, 0.2) is 11.6 Å². The molecular weight excluding hydrogens is 340 g/mol. The molecule has 1 aromatic carbocycles. The first-order valence-electron chi connectivity index (χ1n) is 6.46. The zero-order valence-electron chi connectivity index (χ0n) is 11.8. The molecule has 1 aliphatic rings. The lowest BCUT2D eigenvalue weighted by molar-refractivity contribution is -0.147. The Morgan fingerprint density at radius 1 is 1.27 bits per heavy atom. The van der Waals surface area contributed by atoms with Crippen molar-refractivity contribution in [2.24, 2.45) is 17.3 Å². The first-order chi connectivity index (χ1) is 10.2. The van der Waals surface area contributed by atoms with E-state index in [2.05, 4.69) is 0 Å². The Hall–Kier alpha value is -1.20.